The van der Waals surface area contributed by atoms with Crippen molar-refractivity contribution in [2.45, 2.75) is 18.9 Å². The highest BCUT2D eigenvalue weighted by Crippen LogP contribution is 2.26. The van der Waals surface area contributed by atoms with E-state index in [4.69, 9.17) is 9.26 Å². The maximum atomic E-state index is 12.9. The van der Waals surface area contributed by atoms with Crippen LogP contribution in [0, 0.1) is 0 Å². The molecule has 7 nitrogen and oxygen atoms in total. The van der Waals surface area contributed by atoms with E-state index in [9.17, 15) is 4.79 Å². The summed E-state index contributed by atoms with van der Waals surface area (Å²) >= 11 is 0. The van der Waals surface area contributed by atoms with Crippen LogP contribution in [0.25, 0.3) is 11.5 Å². The zero-order chi connectivity index (χ0) is 18.6. The Morgan fingerprint density at radius 2 is 2.04 bits per heavy atom. The number of nitrogens with zero attached hydrogens (tertiary/aromatic N) is 3. The Balaban J connectivity index is 1.49. The molecule has 27 heavy (non-hydrogen) atoms. The van der Waals surface area contributed by atoms with Gasteiger partial charge in [0.05, 0.1) is 7.11 Å². The number of benzene rings is 2. The number of hydrogen-bond donors (Lipinski definition) is 1. The third-order valence-corrected chi connectivity index (χ3v) is 4.55. The van der Waals surface area contributed by atoms with Crippen molar-refractivity contribution < 1.29 is 14.1 Å². The van der Waals surface area contributed by atoms with E-state index in [2.05, 4.69) is 15.5 Å². The van der Waals surface area contributed by atoms with E-state index in [1.54, 1.807) is 12.0 Å². The van der Waals surface area contributed by atoms with Crippen LogP contribution in [0.1, 0.15) is 12.8 Å². The van der Waals surface area contributed by atoms with Crippen molar-refractivity contribution in [2.75, 3.05) is 23.9 Å². The van der Waals surface area contributed by atoms with Crippen LogP contribution in [-0.4, -0.2) is 35.7 Å². The number of anilines is 2. The fourth-order valence-corrected chi connectivity index (χ4v) is 3.18. The lowest BCUT2D eigenvalue weighted by Gasteiger charge is -2.32. The van der Waals surface area contributed by atoms with Crippen LogP contribution in [0.15, 0.2) is 59.1 Å². The Labute approximate surface area is 156 Å². The first-order chi connectivity index (χ1) is 13.2. The van der Waals surface area contributed by atoms with Gasteiger partial charge in [-0.2, -0.15) is 4.98 Å². The van der Waals surface area contributed by atoms with E-state index < -0.39 is 6.04 Å². The molecule has 0 aliphatic carbocycles. The third kappa shape index (κ3) is 3.62. The standard InChI is InChI=1S/C20H20N4O3/c1-26-16-10-5-9-15(13-16)24-12-6-11-17(19(24)25)21-20-22-18(27-23-20)14-7-3-2-4-8-14/h2-5,7-10,13,17H,6,11-12H2,1H3,(H,21,23). The zero-order valence-corrected chi connectivity index (χ0v) is 15.0. The summed E-state index contributed by atoms with van der Waals surface area (Å²) in [5.41, 5.74) is 1.66. The molecular formula is C20H20N4O3. The molecule has 0 spiro atoms. The lowest BCUT2D eigenvalue weighted by Crippen LogP contribution is -2.48. The third-order valence-electron chi connectivity index (χ3n) is 4.55. The molecule has 4 rings (SSSR count). The van der Waals surface area contributed by atoms with Gasteiger partial charge in [-0.25, -0.2) is 0 Å². The van der Waals surface area contributed by atoms with Gasteiger partial charge in [0.25, 0.3) is 11.8 Å². The van der Waals surface area contributed by atoms with Crippen LogP contribution in [0.4, 0.5) is 11.6 Å². The second kappa shape index (κ2) is 7.49. The highest BCUT2D eigenvalue weighted by Gasteiger charge is 2.30. The quantitative estimate of drug-likeness (QED) is 0.748. The molecule has 3 aromatic rings. The molecule has 1 aliphatic rings. The summed E-state index contributed by atoms with van der Waals surface area (Å²) in [6.45, 7) is 0.672. The molecule has 1 saturated heterocycles. The van der Waals surface area contributed by atoms with E-state index in [1.807, 2.05) is 54.6 Å². The molecule has 1 unspecified atom stereocenters. The SMILES string of the molecule is COc1cccc(N2CCCC(Nc3noc(-c4ccccc4)n3)C2=O)c1. The summed E-state index contributed by atoms with van der Waals surface area (Å²) < 4.78 is 10.6. The summed E-state index contributed by atoms with van der Waals surface area (Å²) in [7, 11) is 1.61. The number of rotatable bonds is 5. The van der Waals surface area contributed by atoms with Gasteiger partial charge in [-0.1, -0.05) is 24.3 Å². The summed E-state index contributed by atoms with van der Waals surface area (Å²) in [6.07, 6.45) is 1.60. The van der Waals surface area contributed by atoms with Gasteiger partial charge in [-0.3, -0.25) is 4.79 Å². The van der Waals surface area contributed by atoms with Gasteiger partial charge in [0.1, 0.15) is 11.8 Å². The van der Waals surface area contributed by atoms with E-state index in [-0.39, 0.29) is 5.91 Å². The zero-order valence-electron chi connectivity index (χ0n) is 15.0. The minimum Gasteiger partial charge on any atom is -0.497 e. The van der Waals surface area contributed by atoms with Crippen LogP contribution in [0.3, 0.4) is 0 Å². The number of piperidine rings is 1. The Bertz CT molecular complexity index is 926. The van der Waals surface area contributed by atoms with E-state index >= 15 is 0 Å². The molecule has 138 valence electrons. The van der Waals surface area contributed by atoms with Crippen molar-refractivity contribution in [1.82, 2.24) is 10.1 Å². The minimum atomic E-state index is -0.397. The number of methoxy groups -OCH3 is 1. The highest BCUT2D eigenvalue weighted by atomic mass is 16.5. The molecule has 0 saturated carbocycles. The summed E-state index contributed by atoms with van der Waals surface area (Å²) in [5, 5.41) is 7.07. The molecule has 0 radical (unpaired) electrons. The van der Waals surface area contributed by atoms with Crippen LogP contribution in [0.2, 0.25) is 0 Å². The minimum absolute atomic E-state index is 0.0134. The fraction of sp³-hybridized carbons (Fsp3) is 0.250. The highest BCUT2D eigenvalue weighted by molar-refractivity contribution is 5.99. The predicted molar refractivity (Wildman–Crippen MR) is 102 cm³/mol. The normalized spacial score (nSPS) is 17.0. The smallest absolute Gasteiger partial charge is 0.264 e. The molecule has 1 fully saturated rings. The van der Waals surface area contributed by atoms with Crippen molar-refractivity contribution in [3.63, 3.8) is 0 Å². The van der Waals surface area contributed by atoms with Gasteiger partial charge in [0.2, 0.25) is 5.91 Å². The lowest BCUT2D eigenvalue weighted by molar-refractivity contribution is -0.120. The van der Waals surface area contributed by atoms with Crippen molar-refractivity contribution >= 4 is 17.5 Å². The molecule has 0 bridgehead atoms. The Hall–Kier alpha value is -3.35. The average Bonchev–Trinajstić information content (AvgIpc) is 3.19. The lowest BCUT2D eigenvalue weighted by atomic mass is 10.0. The number of hydrogen-bond acceptors (Lipinski definition) is 6. The number of amides is 1. The molecule has 1 aliphatic heterocycles. The van der Waals surface area contributed by atoms with Gasteiger partial charge in [0, 0.05) is 23.9 Å². The number of ether oxygens (including phenoxy) is 1. The molecule has 7 heteroatoms. The number of carbonyl (C=O) groups is 1. The summed E-state index contributed by atoms with van der Waals surface area (Å²) in [4.78, 5) is 19.1. The number of aromatic nitrogens is 2. The van der Waals surface area contributed by atoms with E-state index in [0.717, 1.165) is 23.4 Å². The van der Waals surface area contributed by atoms with Crippen molar-refractivity contribution in [2.24, 2.45) is 0 Å². The van der Waals surface area contributed by atoms with Crippen LogP contribution in [-0.2, 0) is 4.79 Å². The molecular weight excluding hydrogens is 344 g/mol. The van der Waals surface area contributed by atoms with Crippen molar-refractivity contribution in [3.8, 4) is 17.2 Å². The Morgan fingerprint density at radius 1 is 1.19 bits per heavy atom. The second-order valence-electron chi connectivity index (χ2n) is 6.32. The fourth-order valence-electron chi connectivity index (χ4n) is 3.18. The van der Waals surface area contributed by atoms with Crippen LogP contribution >= 0.6 is 0 Å². The van der Waals surface area contributed by atoms with Crippen molar-refractivity contribution in [3.05, 3.63) is 54.6 Å². The molecule has 1 atom stereocenters. The summed E-state index contributed by atoms with van der Waals surface area (Å²) in [5.74, 6) is 1.45. The monoisotopic (exact) mass is 364 g/mol. The molecule has 1 aromatic heterocycles. The molecule has 2 aromatic carbocycles. The first-order valence-electron chi connectivity index (χ1n) is 8.86. The number of nitrogens with one attached hydrogen (secondary N) is 1. The Kier molecular flexibility index (Phi) is 4.74. The van der Waals surface area contributed by atoms with E-state index in [1.165, 1.54) is 0 Å². The average molecular weight is 364 g/mol. The largest absolute Gasteiger partial charge is 0.497 e. The number of carbonyl (C=O) groups excluding carboxylic acids is 1. The van der Waals surface area contributed by atoms with Gasteiger partial charge < -0.3 is 19.5 Å². The predicted octanol–water partition coefficient (Wildman–Crippen LogP) is 3.35. The van der Waals surface area contributed by atoms with Crippen LogP contribution in [0.5, 0.6) is 5.75 Å². The van der Waals surface area contributed by atoms with Crippen molar-refractivity contribution in [1.29, 1.82) is 0 Å². The second-order valence-corrected chi connectivity index (χ2v) is 6.32. The van der Waals surface area contributed by atoms with E-state index in [0.29, 0.717) is 24.8 Å². The molecule has 2 heterocycles. The topological polar surface area (TPSA) is 80.5 Å². The Morgan fingerprint density at radius 3 is 2.85 bits per heavy atom. The van der Waals surface area contributed by atoms with Gasteiger partial charge in [-0.05, 0) is 42.3 Å². The van der Waals surface area contributed by atoms with Gasteiger partial charge in [0.15, 0.2) is 0 Å². The molecule has 1 N–H and O–H groups in total. The summed E-state index contributed by atoms with van der Waals surface area (Å²) in [6, 6.07) is 16.6. The van der Waals surface area contributed by atoms with Crippen LogP contribution < -0.4 is 15.0 Å². The molecule has 1 amide bonds. The maximum Gasteiger partial charge on any atom is 0.264 e. The first-order valence-corrected chi connectivity index (χ1v) is 8.86. The van der Waals surface area contributed by atoms with Gasteiger partial charge >= 0.3 is 0 Å². The first kappa shape index (κ1) is 17.1. The maximum absolute atomic E-state index is 12.9. The van der Waals surface area contributed by atoms with Gasteiger partial charge in [-0.15, -0.1) is 0 Å².